The summed E-state index contributed by atoms with van der Waals surface area (Å²) < 4.78 is 33.4. The van der Waals surface area contributed by atoms with Crippen LogP contribution in [-0.2, 0) is 28.4 Å². The number of rotatable bonds is 4. The molecule has 2 atom stereocenters. The van der Waals surface area contributed by atoms with Gasteiger partial charge in [-0.3, -0.25) is 0 Å². The highest BCUT2D eigenvalue weighted by molar-refractivity contribution is 5.85. The third-order valence-electron chi connectivity index (χ3n) is 11.8. The van der Waals surface area contributed by atoms with E-state index >= 15 is 0 Å². The van der Waals surface area contributed by atoms with Crippen LogP contribution in [-0.4, -0.2) is 39.6 Å². The second-order valence-corrected chi connectivity index (χ2v) is 17.4. The third kappa shape index (κ3) is 38.0. The summed E-state index contributed by atoms with van der Waals surface area (Å²) in [7, 11) is 0. The molecule has 0 spiro atoms. The van der Waals surface area contributed by atoms with Gasteiger partial charge in [-0.15, -0.1) is 0 Å². The Kier molecular flexibility index (Phi) is 61.6. The maximum absolute atomic E-state index is 5.65. The first kappa shape index (κ1) is 81.3. The average molecular weight is 1130 g/mol. The molecule has 6 aliphatic rings. The van der Waals surface area contributed by atoms with Crippen molar-refractivity contribution in [2.24, 2.45) is 11.8 Å². The summed E-state index contributed by atoms with van der Waals surface area (Å²) >= 11 is 0. The first-order chi connectivity index (χ1) is 40.6. The van der Waals surface area contributed by atoms with Gasteiger partial charge in [-0.1, -0.05) is 339 Å². The zero-order chi connectivity index (χ0) is 61.7. The lowest BCUT2D eigenvalue weighted by Crippen LogP contribution is -2.17. The Bertz CT molecular complexity index is 2100. The molecule has 6 heteroatoms. The van der Waals surface area contributed by atoms with Crippen LogP contribution < -0.4 is 0 Å². The summed E-state index contributed by atoms with van der Waals surface area (Å²) in [5.74, 6) is 1.54. The summed E-state index contributed by atoms with van der Waals surface area (Å²) in [5, 5.41) is 2.45. The fourth-order valence-corrected chi connectivity index (χ4v) is 8.03. The van der Waals surface area contributed by atoms with Crippen molar-refractivity contribution < 1.29 is 28.4 Å². The molecule has 0 radical (unpaired) electrons. The molecule has 11 rings (SSSR count). The molecule has 3 heterocycles. The van der Waals surface area contributed by atoms with E-state index in [0.29, 0.717) is 0 Å². The number of allylic oxidation sites excluding steroid dienone is 8. The Balaban J connectivity index is -0.000000898. The first-order valence-electron chi connectivity index (χ1n) is 32.7. The third-order valence-corrected chi connectivity index (χ3v) is 11.8. The summed E-state index contributed by atoms with van der Waals surface area (Å²) in [4.78, 5) is 0. The van der Waals surface area contributed by atoms with Gasteiger partial charge in [0.1, 0.15) is 0 Å². The number of fused-ring (bicyclic) bond motifs is 1. The summed E-state index contributed by atoms with van der Waals surface area (Å²) in [6, 6.07) is 43.4. The van der Waals surface area contributed by atoms with E-state index in [4.69, 9.17) is 28.4 Å². The normalized spacial score (nSPS) is 17.1. The molecule has 5 aromatic carbocycles. The van der Waals surface area contributed by atoms with E-state index in [2.05, 4.69) is 153 Å². The second kappa shape index (κ2) is 62.1. The van der Waals surface area contributed by atoms with Gasteiger partial charge in [0.15, 0.2) is 18.9 Å². The predicted molar refractivity (Wildman–Crippen MR) is 363 cm³/mol. The Hall–Kier alpha value is -4.92. The molecule has 3 saturated heterocycles. The maximum Gasteiger partial charge on any atom is 0.184 e. The molecule has 3 aliphatic carbocycles. The largest absolute Gasteiger partial charge is 0.348 e. The maximum atomic E-state index is 5.65. The molecule has 1 saturated carbocycles. The molecule has 2 unspecified atom stereocenters. The van der Waals surface area contributed by atoms with Crippen LogP contribution in [0, 0.1) is 11.8 Å². The molecule has 3 aliphatic heterocycles. The van der Waals surface area contributed by atoms with Crippen molar-refractivity contribution in [3.05, 3.63) is 193 Å². The van der Waals surface area contributed by atoms with Crippen molar-refractivity contribution in [1.82, 2.24) is 0 Å². The molecular weight excluding hydrogens is 1010 g/mol. The average Bonchev–Trinajstić information content (AvgIpc) is 3.74. The summed E-state index contributed by atoms with van der Waals surface area (Å²) in [6.07, 6.45) is 31.1. The molecule has 5 aromatic rings. The van der Waals surface area contributed by atoms with Gasteiger partial charge in [-0.2, -0.15) is 0 Å². The van der Waals surface area contributed by atoms with E-state index in [1.165, 1.54) is 73.3 Å². The van der Waals surface area contributed by atoms with Gasteiger partial charge in [-0.25, -0.2) is 0 Å². The SMILES string of the molecule is C1CCCCC1.CC.CC.CC.CC.CC.CC.CC.CC.CC1C=CC=CC1.CC1C=CC=CC1.c1ccc(-c2ccc(C3OCCCO3)cc2)cc1.c1ccc(C2OCCCO2)cc1.c1ccc2c(C3OCCCO3)cccc2c1. The van der Waals surface area contributed by atoms with Crippen molar-refractivity contribution in [2.75, 3.05) is 39.6 Å². The van der Waals surface area contributed by atoms with Crippen molar-refractivity contribution >= 4 is 10.8 Å². The number of hydrogen-bond donors (Lipinski definition) is 0. The minimum absolute atomic E-state index is 0.139. The van der Waals surface area contributed by atoms with E-state index in [1.54, 1.807) is 0 Å². The quantitative estimate of drug-likeness (QED) is 0.179. The summed E-state index contributed by atoms with van der Waals surface area (Å²) in [5.41, 5.74) is 5.79. The second-order valence-electron chi connectivity index (χ2n) is 17.4. The van der Waals surface area contributed by atoms with Crippen LogP contribution in [0.15, 0.2) is 176 Å². The fraction of sp³-hybridized carbons (Fsp3) is 0.526. The number of ether oxygens (including phenoxy) is 6. The van der Waals surface area contributed by atoms with Crippen LogP contribution in [0.5, 0.6) is 0 Å². The van der Waals surface area contributed by atoms with Gasteiger partial charge in [0.05, 0.1) is 39.6 Å². The number of benzene rings is 5. The van der Waals surface area contributed by atoms with Crippen LogP contribution in [0.25, 0.3) is 21.9 Å². The monoisotopic (exact) mass is 1130 g/mol. The van der Waals surface area contributed by atoms with Crippen LogP contribution in [0.4, 0.5) is 0 Å². The Morgan fingerprint density at radius 1 is 0.293 bits per heavy atom. The van der Waals surface area contributed by atoms with E-state index < -0.39 is 0 Å². The highest BCUT2D eigenvalue weighted by Crippen LogP contribution is 2.30. The summed E-state index contributed by atoms with van der Waals surface area (Å²) in [6.45, 7) is 41.2. The minimum Gasteiger partial charge on any atom is -0.348 e. The molecule has 0 bridgehead atoms. The first-order valence-corrected chi connectivity index (χ1v) is 32.7. The standard InChI is InChI=1S/C16H16O2.C14H14O2.C10H12O2.2C7H10.C6H12.8C2H6/c1-2-5-13(6-3-1)14-7-9-15(10-8-14)16-17-11-4-12-18-16;1-2-7-12-11(5-1)6-3-8-13(12)14-15-9-4-10-16-14;1-2-5-9(6-3-1)10-11-7-4-8-12-10;2*1-7-5-3-2-4-6-7;1-2-4-6-5-3-1;8*1-2/h1-3,5-10,16H,4,11-12H2;1-3,5-8,14H,4,9-10H2;1-3,5-6,10H,4,7-8H2;2*2-5,7H,6H2,1H3;1-6H2;8*1-2H3. The Morgan fingerprint density at radius 3 is 0.988 bits per heavy atom. The zero-order valence-corrected chi connectivity index (χ0v) is 55.6. The van der Waals surface area contributed by atoms with E-state index in [1.807, 2.05) is 147 Å². The molecule has 6 nitrogen and oxygen atoms in total. The van der Waals surface area contributed by atoms with Gasteiger partial charge in [0.2, 0.25) is 0 Å². The molecule has 462 valence electrons. The molecule has 0 N–H and O–H groups in total. The molecule has 0 aromatic heterocycles. The van der Waals surface area contributed by atoms with Gasteiger partial charge in [-0.05, 0) is 65.8 Å². The lowest BCUT2D eigenvalue weighted by molar-refractivity contribution is -0.183. The molecule has 0 amide bonds. The van der Waals surface area contributed by atoms with Gasteiger partial charge in [0, 0.05) is 16.7 Å². The number of hydrogen-bond acceptors (Lipinski definition) is 6. The van der Waals surface area contributed by atoms with Crippen molar-refractivity contribution in [1.29, 1.82) is 0 Å². The Labute approximate surface area is 506 Å². The fourth-order valence-electron chi connectivity index (χ4n) is 8.03. The molecule has 4 fully saturated rings. The lowest BCUT2D eigenvalue weighted by atomic mass is 10.0. The van der Waals surface area contributed by atoms with Gasteiger partial charge < -0.3 is 28.4 Å². The molecule has 82 heavy (non-hydrogen) atoms. The topological polar surface area (TPSA) is 55.4 Å². The predicted octanol–water partition coefficient (Wildman–Crippen LogP) is 24.0. The molecular formula is C76H122O6. The van der Waals surface area contributed by atoms with E-state index in [-0.39, 0.29) is 18.9 Å². The van der Waals surface area contributed by atoms with Crippen molar-refractivity contribution in [2.45, 2.75) is 214 Å². The van der Waals surface area contributed by atoms with Gasteiger partial charge in [0.25, 0.3) is 0 Å². The minimum atomic E-state index is -0.195. The zero-order valence-electron chi connectivity index (χ0n) is 55.6. The van der Waals surface area contributed by atoms with Crippen molar-refractivity contribution in [3.8, 4) is 11.1 Å². The highest BCUT2D eigenvalue weighted by Gasteiger charge is 2.19. The van der Waals surface area contributed by atoms with Crippen LogP contribution in [0.3, 0.4) is 0 Å². The van der Waals surface area contributed by atoms with Crippen LogP contribution in [0.2, 0.25) is 0 Å². The van der Waals surface area contributed by atoms with Gasteiger partial charge >= 0.3 is 0 Å². The van der Waals surface area contributed by atoms with Crippen molar-refractivity contribution in [3.63, 3.8) is 0 Å². The van der Waals surface area contributed by atoms with Crippen LogP contribution >= 0.6 is 0 Å². The van der Waals surface area contributed by atoms with E-state index in [9.17, 15) is 0 Å². The van der Waals surface area contributed by atoms with E-state index in [0.717, 1.165) is 87.4 Å². The Morgan fingerprint density at radius 2 is 0.622 bits per heavy atom. The smallest absolute Gasteiger partial charge is 0.184 e. The highest BCUT2D eigenvalue weighted by atomic mass is 16.7. The van der Waals surface area contributed by atoms with Crippen LogP contribution in [0.1, 0.15) is 231 Å². The lowest BCUT2D eigenvalue weighted by Gasteiger charge is -2.24.